The number of aliphatic carboxylic acids is 1. The zero-order valence-electron chi connectivity index (χ0n) is 25.5. The van der Waals surface area contributed by atoms with Crippen LogP contribution in [0.5, 0.6) is 0 Å². The first-order chi connectivity index (χ1) is 20.5. The van der Waals surface area contributed by atoms with E-state index in [1.165, 1.54) is 0 Å². The Morgan fingerprint density at radius 3 is 1.80 bits per heavy atom. The van der Waals surface area contributed by atoms with Gasteiger partial charge in [0.15, 0.2) is 0 Å². The van der Waals surface area contributed by atoms with E-state index >= 15 is 0 Å². The Labute approximate surface area is 254 Å². The van der Waals surface area contributed by atoms with Crippen molar-refractivity contribution in [3.63, 3.8) is 0 Å². The molecule has 0 heterocycles. The Hall–Kier alpha value is -3.72. The number of carboxylic acid groups (broad SMARTS) is 1. The molecule has 0 unspecified atom stereocenters. The number of rotatable bonds is 18. The highest BCUT2D eigenvalue weighted by Crippen LogP contribution is 2.29. The summed E-state index contributed by atoms with van der Waals surface area (Å²) in [6, 6.07) is 2.45. The van der Waals surface area contributed by atoms with Crippen LogP contribution in [-0.2, 0) is 25.4 Å². The van der Waals surface area contributed by atoms with Gasteiger partial charge in [0.2, 0.25) is 17.7 Å². The molecular formula is C29H43F3N4O8. The monoisotopic (exact) mass is 632 g/mol. The predicted octanol–water partition coefficient (Wildman–Crippen LogP) is 1.45. The summed E-state index contributed by atoms with van der Waals surface area (Å²) in [6.45, 7) is 4.50. The number of carbonyl (C=O) groups is 5. The van der Waals surface area contributed by atoms with Gasteiger partial charge in [-0.1, -0.05) is 27.7 Å². The largest absolute Gasteiger partial charge is 0.480 e. The van der Waals surface area contributed by atoms with Gasteiger partial charge in [-0.2, -0.15) is 13.2 Å². The van der Waals surface area contributed by atoms with Crippen LogP contribution >= 0.6 is 0 Å². The molecule has 0 radical (unpaired) electrons. The van der Waals surface area contributed by atoms with Gasteiger partial charge in [-0.05, 0) is 42.5 Å². The molecule has 4 amide bonds. The van der Waals surface area contributed by atoms with Crippen LogP contribution in [0.2, 0.25) is 0 Å². The van der Waals surface area contributed by atoms with Crippen LogP contribution < -0.4 is 5.32 Å². The minimum Gasteiger partial charge on any atom is -0.480 e. The number of aliphatic hydroxyl groups excluding tert-OH is 2. The topological polar surface area (TPSA) is 168 Å². The van der Waals surface area contributed by atoms with Crippen molar-refractivity contribution < 1.29 is 52.5 Å². The number of benzene rings is 1. The minimum absolute atomic E-state index is 0.000557. The average molecular weight is 633 g/mol. The van der Waals surface area contributed by atoms with Crippen molar-refractivity contribution in [3.05, 3.63) is 35.4 Å². The number of hydrogen-bond donors (Lipinski definition) is 4. The molecule has 1 aromatic carbocycles. The molecule has 0 saturated heterocycles. The van der Waals surface area contributed by atoms with Gasteiger partial charge in [-0.3, -0.25) is 19.2 Å². The van der Waals surface area contributed by atoms with Gasteiger partial charge in [-0.25, -0.2) is 4.79 Å². The van der Waals surface area contributed by atoms with Crippen molar-refractivity contribution in [1.29, 1.82) is 0 Å². The smallest absolute Gasteiger partial charge is 0.416 e. The molecule has 1 atom stereocenters. The van der Waals surface area contributed by atoms with Crippen molar-refractivity contribution in [2.75, 3.05) is 52.5 Å². The molecule has 0 aliphatic carbocycles. The van der Waals surface area contributed by atoms with Crippen LogP contribution in [0.25, 0.3) is 0 Å². The molecule has 0 aromatic heterocycles. The molecule has 1 rings (SSSR count). The van der Waals surface area contributed by atoms with Crippen molar-refractivity contribution in [1.82, 2.24) is 20.0 Å². The molecule has 0 spiro atoms. The van der Waals surface area contributed by atoms with E-state index in [1.807, 2.05) is 0 Å². The summed E-state index contributed by atoms with van der Waals surface area (Å²) < 4.78 is 38.9. The lowest BCUT2D eigenvalue weighted by Crippen LogP contribution is -2.50. The Morgan fingerprint density at radius 2 is 1.32 bits per heavy atom. The second kappa shape index (κ2) is 18.2. The fourth-order valence-electron chi connectivity index (χ4n) is 4.26. The van der Waals surface area contributed by atoms with E-state index in [-0.39, 0.29) is 56.4 Å². The SMILES string of the molecule is CC(C)C[C@H](NC(=O)CCN(CCO)C(=O)CN(CCO)C(=O)CN(CC(C)C)C(=O)c1ccc(C(F)(F)F)cc1)C(=O)O. The number of alkyl halides is 3. The maximum Gasteiger partial charge on any atom is 0.416 e. The minimum atomic E-state index is -4.59. The van der Waals surface area contributed by atoms with E-state index < -0.39 is 73.7 Å². The number of aliphatic hydroxyl groups is 2. The molecule has 1 aromatic rings. The number of carboxylic acids is 1. The van der Waals surface area contributed by atoms with Gasteiger partial charge < -0.3 is 35.3 Å². The number of nitrogens with one attached hydrogen (secondary N) is 1. The lowest BCUT2D eigenvalue weighted by molar-refractivity contribution is -0.143. The number of carbonyl (C=O) groups excluding carboxylic acids is 4. The maximum absolute atomic E-state index is 13.2. The van der Waals surface area contributed by atoms with E-state index in [0.717, 1.165) is 39.0 Å². The molecular weight excluding hydrogens is 589 g/mol. The van der Waals surface area contributed by atoms with E-state index in [4.69, 9.17) is 0 Å². The van der Waals surface area contributed by atoms with E-state index in [9.17, 15) is 52.5 Å². The fraction of sp³-hybridized carbons (Fsp3) is 0.621. The van der Waals surface area contributed by atoms with Crippen molar-refractivity contribution >= 4 is 29.6 Å². The highest BCUT2D eigenvalue weighted by molar-refractivity contribution is 5.97. The normalized spacial score (nSPS) is 12.2. The lowest BCUT2D eigenvalue weighted by atomic mass is 10.0. The van der Waals surface area contributed by atoms with Crippen LogP contribution in [0.3, 0.4) is 0 Å². The van der Waals surface area contributed by atoms with Gasteiger partial charge in [0.05, 0.1) is 25.3 Å². The summed E-state index contributed by atoms with van der Waals surface area (Å²) >= 11 is 0. The van der Waals surface area contributed by atoms with Crippen LogP contribution in [0.1, 0.15) is 56.5 Å². The van der Waals surface area contributed by atoms with Crippen molar-refractivity contribution in [2.45, 2.75) is 52.8 Å². The standard InChI is InChI=1S/C29H43F3N4O8/c1-19(2)15-23(28(43)44)33-24(39)9-10-34(11-13-37)25(40)17-35(12-14-38)26(41)18-36(16-20(3)4)27(42)21-5-7-22(8-6-21)29(30,31)32/h5-8,19-20,23,37-38H,9-18H2,1-4H3,(H,33,39)(H,43,44)/t23-/m0/s1. The summed E-state index contributed by atoms with van der Waals surface area (Å²) in [5.41, 5.74) is -1.00. The van der Waals surface area contributed by atoms with Gasteiger partial charge in [-0.15, -0.1) is 0 Å². The van der Waals surface area contributed by atoms with Gasteiger partial charge in [0, 0.05) is 38.2 Å². The summed E-state index contributed by atoms with van der Waals surface area (Å²) in [4.78, 5) is 66.6. The van der Waals surface area contributed by atoms with E-state index in [0.29, 0.717) is 0 Å². The predicted molar refractivity (Wildman–Crippen MR) is 153 cm³/mol. The third-order valence-electron chi connectivity index (χ3n) is 6.38. The summed E-state index contributed by atoms with van der Waals surface area (Å²) in [6.07, 6.45) is -4.66. The number of hydrogen-bond acceptors (Lipinski definition) is 7. The lowest BCUT2D eigenvalue weighted by Gasteiger charge is -2.30. The van der Waals surface area contributed by atoms with Crippen molar-refractivity contribution in [2.24, 2.45) is 11.8 Å². The first-order valence-electron chi connectivity index (χ1n) is 14.3. The fourth-order valence-corrected chi connectivity index (χ4v) is 4.26. The summed E-state index contributed by atoms with van der Waals surface area (Å²) in [5, 5.41) is 30.7. The molecule has 0 aliphatic rings. The maximum atomic E-state index is 13.2. The highest BCUT2D eigenvalue weighted by Gasteiger charge is 2.31. The zero-order valence-corrected chi connectivity index (χ0v) is 25.5. The number of nitrogens with zero attached hydrogens (tertiary/aromatic N) is 3. The second-order valence-electron chi connectivity index (χ2n) is 11.1. The third-order valence-corrected chi connectivity index (χ3v) is 6.38. The van der Waals surface area contributed by atoms with Crippen LogP contribution in [-0.4, -0.2) is 118 Å². The Bertz CT molecular complexity index is 1110. The molecule has 0 bridgehead atoms. The van der Waals surface area contributed by atoms with E-state index in [1.54, 1.807) is 27.7 Å². The first kappa shape index (κ1) is 38.3. The van der Waals surface area contributed by atoms with Gasteiger partial charge >= 0.3 is 12.1 Å². The van der Waals surface area contributed by atoms with Crippen LogP contribution in [0.4, 0.5) is 13.2 Å². The molecule has 0 aliphatic heterocycles. The molecule has 44 heavy (non-hydrogen) atoms. The van der Waals surface area contributed by atoms with Gasteiger partial charge in [0.1, 0.15) is 12.6 Å². The van der Waals surface area contributed by atoms with Gasteiger partial charge in [0.25, 0.3) is 5.91 Å². The number of halogens is 3. The Kier molecular flexibility index (Phi) is 15.8. The Morgan fingerprint density at radius 1 is 0.795 bits per heavy atom. The summed E-state index contributed by atoms with van der Waals surface area (Å²) in [7, 11) is 0. The molecule has 248 valence electrons. The van der Waals surface area contributed by atoms with Crippen LogP contribution in [0.15, 0.2) is 24.3 Å². The Balaban J connectivity index is 3.00. The third kappa shape index (κ3) is 13.3. The molecule has 4 N–H and O–H groups in total. The highest BCUT2D eigenvalue weighted by atomic mass is 19.4. The molecule has 0 fully saturated rings. The second-order valence-corrected chi connectivity index (χ2v) is 11.1. The molecule has 12 nitrogen and oxygen atoms in total. The zero-order chi connectivity index (χ0) is 33.6. The summed E-state index contributed by atoms with van der Waals surface area (Å²) in [5.74, 6) is -4.02. The quantitative estimate of drug-likeness (QED) is 0.189. The van der Waals surface area contributed by atoms with Crippen LogP contribution in [0, 0.1) is 11.8 Å². The average Bonchev–Trinajstić information content (AvgIpc) is 2.92. The van der Waals surface area contributed by atoms with E-state index in [2.05, 4.69) is 5.32 Å². The molecule has 15 heteroatoms. The molecule has 0 saturated carbocycles. The first-order valence-corrected chi connectivity index (χ1v) is 14.3. The van der Waals surface area contributed by atoms with Crippen molar-refractivity contribution in [3.8, 4) is 0 Å². The number of amides is 4.